The van der Waals surface area contributed by atoms with Crippen LogP contribution in [0.15, 0.2) is 0 Å². The first-order chi connectivity index (χ1) is 10.0. The van der Waals surface area contributed by atoms with E-state index < -0.39 is 15.2 Å². The van der Waals surface area contributed by atoms with Crippen LogP contribution in [0.5, 0.6) is 0 Å². The number of nitrogens with zero attached hydrogens (tertiary/aromatic N) is 2. The summed E-state index contributed by atoms with van der Waals surface area (Å²) in [4.78, 5) is 2.16. The highest BCUT2D eigenvalue weighted by atomic mass is 32.2. The summed E-state index contributed by atoms with van der Waals surface area (Å²) in [5.41, 5.74) is 0. The quantitative estimate of drug-likeness (QED) is 0.792. The largest absolute Gasteiger partial charge is 0.281 e. The van der Waals surface area contributed by atoms with E-state index in [1.165, 1.54) is 0 Å². The standard InChI is InChI=1S/C15H26N2O2S2/c1-3-12-5-6-13(10-16)14(9-12)17-7-8-20-11-15(17)21(18,19)4-2/h12-15H,3-9,11H2,1-2H3. The van der Waals surface area contributed by atoms with Gasteiger partial charge in [-0.15, -0.1) is 0 Å². The number of rotatable bonds is 4. The summed E-state index contributed by atoms with van der Waals surface area (Å²) >= 11 is 1.72. The normalized spacial score (nSPS) is 35.3. The molecule has 0 bridgehead atoms. The molecule has 0 aromatic heterocycles. The zero-order chi connectivity index (χ0) is 15.5. The van der Waals surface area contributed by atoms with Crippen LogP contribution >= 0.6 is 11.8 Å². The van der Waals surface area contributed by atoms with Gasteiger partial charge in [0.2, 0.25) is 0 Å². The zero-order valence-corrected chi connectivity index (χ0v) is 14.6. The predicted octanol–water partition coefficient (Wildman–Crippen LogP) is 2.51. The van der Waals surface area contributed by atoms with Crippen molar-refractivity contribution >= 4 is 21.6 Å². The number of nitriles is 1. The van der Waals surface area contributed by atoms with Gasteiger partial charge < -0.3 is 0 Å². The van der Waals surface area contributed by atoms with Gasteiger partial charge in [-0.1, -0.05) is 20.3 Å². The third kappa shape index (κ3) is 3.75. The van der Waals surface area contributed by atoms with Crippen molar-refractivity contribution in [3.05, 3.63) is 0 Å². The zero-order valence-electron chi connectivity index (χ0n) is 13.0. The lowest BCUT2D eigenvalue weighted by Gasteiger charge is -2.45. The number of hydrogen-bond donors (Lipinski definition) is 0. The van der Waals surface area contributed by atoms with Gasteiger partial charge in [-0.2, -0.15) is 17.0 Å². The summed E-state index contributed by atoms with van der Waals surface area (Å²) in [5.74, 6) is 2.45. The fourth-order valence-electron chi connectivity index (χ4n) is 3.59. The molecule has 0 spiro atoms. The average molecular weight is 331 g/mol. The lowest BCUT2D eigenvalue weighted by Crippen LogP contribution is -2.56. The minimum absolute atomic E-state index is 0.00884. The molecule has 0 radical (unpaired) electrons. The number of hydrogen-bond acceptors (Lipinski definition) is 5. The number of sulfone groups is 1. The Morgan fingerprint density at radius 2 is 2.10 bits per heavy atom. The molecule has 0 aromatic rings. The Morgan fingerprint density at radius 3 is 2.71 bits per heavy atom. The molecule has 1 aliphatic carbocycles. The first kappa shape index (κ1) is 17.1. The van der Waals surface area contributed by atoms with Crippen LogP contribution < -0.4 is 0 Å². The van der Waals surface area contributed by atoms with Crippen molar-refractivity contribution in [2.75, 3.05) is 23.8 Å². The monoisotopic (exact) mass is 330 g/mol. The van der Waals surface area contributed by atoms with Crippen LogP contribution in [-0.2, 0) is 9.84 Å². The Kier molecular flexibility index (Phi) is 5.98. The molecule has 1 saturated carbocycles. The highest BCUT2D eigenvalue weighted by molar-refractivity contribution is 8.01. The van der Waals surface area contributed by atoms with Gasteiger partial charge in [-0.05, 0) is 25.2 Å². The van der Waals surface area contributed by atoms with E-state index in [-0.39, 0.29) is 17.7 Å². The third-order valence-electron chi connectivity index (χ3n) is 5.04. The lowest BCUT2D eigenvalue weighted by atomic mass is 9.77. The Morgan fingerprint density at radius 1 is 1.33 bits per heavy atom. The van der Waals surface area contributed by atoms with Gasteiger partial charge in [0, 0.05) is 29.8 Å². The van der Waals surface area contributed by atoms with Gasteiger partial charge in [0.25, 0.3) is 0 Å². The van der Waals surface area contributed by atoms with Gasteiger partial charge in [0.1, 0.15) is 5.37 Å². The molecular weight excluding hydrogens is 304 g/mol. The van der Waals surface area contributed by atoms with Crippen LogP contribution in [0.25, 0.3) is 0 Å². The molecule has 21 heavy (non-hydrogen) atoms. The molecule has 0 N–H and O–H groups in total. The van der Waals surface area contributed by atoms with Gasteiger partial charge in [-0.3, -0.25) is 4.90 Å². The van der Waals surface area contributed by atoms with Crippen molar-refractivity contribution in [1.29, 1.82) is 5.26 Å². The van der Waals surface area contributed by atoms with E-state index in [1.54, 1.807) is 18.7 Å². The van der Waals surface area contributed by atoms with E-state index in [1.807, 2.05) is 0 Å². The minimum atomic E-state index is -3.08. The maximum Gasteiger partial charge on any atom is 0.166 e. The maximum atomic E-state index is 12.4. The molecule has 0 amide bonds. The first-order valence-electron chi connectivity index (χ1n) is 7.98. The van der Waals surface area contributed by atoms with Crippen LogP contribution in [0.1, 0.15) is 39.5 Å². The highest BCUT2D eigenvalue weighted by Crippen LogP contribution is 2.37. The topological polar surface area (TPSA) is 61.2 Å². The van der Waals surface area contributed by atoms with Gasteiger partial charge in [0.05, 0.1) is 12.0 Å². The van der Waals surface area contributed by atoms with Crippen molar-refractivity contribution in [2.45, 2.75) is 50.9 Å². The Balaban J connectivity index is 2.24. The van der Waals surface area contributed by atoms with Gasteiger partial charge in [0.15, 0.2) is 9.84 Å². The molecule has 1 aliphatic heterocycles. The fraction of sp³-hybridized carbons (Fsp3) is 0.933. The van der Waals surface area contributed by atoms with Crippen molar-refractivity contribution in [1.82, 2.24) is 4.90 Å². The van der Waals surface area contributed by atoms with Gasteiger partial charge >= 0.3 is 0 Å². The SMILES string of the molecule is CCC1CCC(C#N)C(N2CCSCC2S(=O)(=O)CC)C1. The van der Waals surface area contributed by atoms with Crippen molar-refractivity contribution in [2.24, 2.45) is 11.8 Å². The third-order valence-corrected chi connectivity index (χ3v) is 8.34. The van der Waals surface area contributed by atoms with Crippen LogP contribution in [0, 0.1) is 23.2 Å². The molecule has 4 nitrogen and oxygen atoms in total. The van der Waals surface area contributed by atoms with E-state index >= 15 is 0 Å². The molecule has 0 aromatic carbocycles. The maximum absolute atomic E-state index is 12.4. The second-order valence-corrected chi connectivity index (χ2v) is 9.71. The molecule has 6 heteroatoms. The lowest BCUT2D eigenvalue weighted by molar-refractivity contribution is 0.0960. The Labute approximate surface area is 133 Å². The second-order valence-electron chi connectivity index (χ2n) is 6.11. The average Bonchev–Trinajstić information content (AvgIpc) is 2.54. The summed E-state index contributed by atoms with van der Waals surface area (Å²) in [5, 5.41) is 9.07. The van der Waals surface area contributed by atoms with E-state index in [9.17, 15) is 13.7 Å². The summed E-state index contributed by atoms with van der Waals surface area (Å²) in [6.07, 6.45) is 4.14. The van der Waals surface area contributed by atoms with Crippen molar-refractivity contribution in [3.63, 3.8) is 0 Å². The summed E-state index contributed by atoms with van der Waals surface area (Å²) in [6.45, 7) is 4.72. The molecule has 4 atom stereocenters. The molecule has 2 fully saturated rings. The minimum Gasteiger partial charge on any atom is -0.281 e. The predicted molar refractivity (Wildman–Crippen MR) is 87.8 cm³/mol. The van der Waals surface area contributed by atoms with E-state index in [2.05, 4.69) is 17.9 Å². The fourth-order valence-corrected chi connectivity index (χ4v) is 6.67. The summed E-state index contributed by atoms with van der Waals surface area (Å²) < 4.78 is 24.8. The summed E-state index contributed by atoms with van der Waals surface area (Å²) in [6, 6.07) is 2.57. The van der Waals surface area contributed by atoms with Crippen molar-refractivity contribution in [3.8, 4) is 6.07 Å². The second kappa shape index (κ2) is 7.34. The molecule has 2 rings (SSSR count). The summed E-state index contributed by atoms with van der Waals surface area (Å²) in [7, 11) is -3.08. The molecule has 1 saturated heterocycles. The van der Waals surface area contributed by atoms with Gasteiger partial charge in [-0.25, -0.2) is 8.42 Å². The van der Waals surface area contributed by atoms with Crippen LogP contribution in [0.2, 0.25) is 0 Å². The molecule has 2 aliphatic rings. The van der Waals surface area contributed by atoms with Crippen LogP contribution in [0.3, 0.4) is 0 Å². The molecule has 120 valence electrons. The Hall–Kier alpha value is -0.250. The molecule has 4 unspecified atom stereocenters. The van der Waals surface area contributed by atoms with Crippen LogP contribution in [0.4, 0.5) is 0 Å². The van der Waals surface area contributed by atoms with Crippen LogP contribution in [-0.4, -0.2) is 48.5 Å². The van der Waals surface area contributed by atoms with E-state index in [0.717, 1.165) is 38.0 Å². The van der Waals surface area contributed by atoms with Crippen molar-refractivity contribution < 1.29 is 8.42 Å². The Bertz CT molecular complexity index is 486. The highest BCUT2D eigenvalue weighted by Gasteiger charge is 2.42. The van der Waals surface area contributed by atoms with E-state index in [4.69, 9.17) is 0 Å². The molecule has 1 heterocycles. The van der Waals surface area contributed by atoms with E-state index in [0.29, 0.717) is 11.7 Å². The molecular formula is C15H26N2O2S2. The first-order valence-corrected chi connectivity index (χ1v) is 10.8. The number of thioether (sulfide) groups is 1. The smallest absolute Gasteiger partial charge is 0.166 e.